The molecular formula is C23H24ClN3O3. The minimum absolute atomic E-state index is 0.150. The van der Waals surface area contributed by atoms with Crippen LogP contribution >= 0.6 is 11.6 Å². The summed E-state index contributed by atoms with van der Waals surface area (Å²) in [6, 6.07) is 14.4. The van der Waals surface area contributed by atoms with Gasteiger partial charge in [0.1, 0.15) is 12.1 Å². The Bertz CT molecular complexity index is 986. The van der Waals surface area contributed by atoms with E-state index in [0.717, 1.165) is 28.9 Å². The minimum Gasteiger partial charge on any atom is -0.334 e. The molecule has 30 heavy (non-hydrogen) atoms. The maximum atomic E-state index is 13.1. The molecule has 0 radical (unpaired) electrons. The lowest BCUT2D eigenvalue weighted by Gasteiger charge is -2.25. The highest BCUT2D eigenvalue weighted by atomic mass is 35.5. The predicted molar refractivity (Wildman–Crippen MR) is 114 cm³/mol. The van der Waals surface area contributed by atoms with E-state index >= 15 is 0 Å². The Morgan fingerprint density at radius 3 is 2.37 bits per heavy atom. The van der Waals surface area contributed by atoms with Crippen molar-refractivity contribution in [3.8, 4) is 0 Å². The number of nitrogens with zero attached hydrogens (tertiary/aromatic N) is 2. The van der Waals surface area contributed by atoms with Crippen LogP contribution in [0.3, 0.4) is 0 Å². The van der Waals surface area contributed by atoms with Gasteiger partial charge < -0.3 is 10.2 Å². The Morgan fingerprint density at radius 2 is 1.77 bits per heavy atom. The second-order valence-electron chi connectivity index (χ2n) is 8.19. The van der Waals surface area contributed by atoms with Crippen LogP contribution in [0, 0.1) is 6.92 Å². The first-order valence-corrected chi connectivity index (χ1v) is 10.4. The molecule has 156 valence electrons. The summed E-state index contributed by atoms with van der Waals surface area (Å²) in [5.41, 5.74) is 1.54. The summed E-state index contributed by atoms with van der Waals surface area (Å²) in [5, 5.41) is 3.40. The highest BCUT2D eigenvalue weighted by Gasteiger charge is 2.50. The number of rotatable bonds is 6. The van der Waals surface area contributed by atoms with Crippen LogP contribution in [0.15, 0.2) is 48.5 Å². The molecule has 1 atom stereocenters. The molecule has 0 aromatic heterocycles. The topological polar surface area (TPSA) is 69.7 Å². The standard InChI is InChI=1S/C23H24ClN3O3/c1-15-3-7-17(8-4-15)23(2)21(29)27(22(30)25-23)14-20(28)26(19-11-12-19)13-16-5-9-18(24)10-6-16/h3-10,19H,11-14H2,1-2H3,(H,25,30). The summed E-state index contributed by atoms with van der Waals surface area (Å²) in [5.74, 6) is -0.643. The fourth-order valence-electron chi connectivity index (χ4n) is 3.74. The van der Waals surface area contributed by atoms with Gasteiger partial charge in [-0.3, -0.25) is 14.5 Å². The largest absolute Gasteiger partial charge is 0.334 e. The third-order valence-electron chi connectivity index (χ3n) is 5.77. The van der Waals surface area contributed by atoms with Gasteiger partial charge in [-0.15, -0.1) is 0 Å². The second-order valence-corrected chi connectivity index (χ2v) is 8.63. The number of carbonyl (C=O) groups is 3. The summed E-state index contributed by atoms with van der Waals surface area (Å²) >= 11 is 5.95. The van der Waals surface area contributed by atoms with Gasteiger partial charge in [0.2, 0.25) is 5.91 Å². The first-order valence-electron chi connectivity index (χ1n) is 10.0. The smallest absolute Gasteiger partial charge is 0.325 e. The van der Waals surface area contributed by atoms with Crippen LogP contribution in [0.4, 0.5) is 4.79 Å². The molecule has 2 aliphatic rings. The molecule has 4 rings (SSSR count). The van der Waals surface area contributed by atoms with Gasteiger partial charge in [-0.05, 0) is 49.9 Å². The number of carbonyl (C=O) groups excluding carboxylic acids is 3. The van der Waals surface area contributed by atoms with Crippen LogP contribution < -0.4 is 5.32 Å². The molecule has 7 heteroatoms. The molecular weight excluding hydrogens is 402 g/mol. The number of amides is 4. The summed E-state index contributed by atoms with van der Waals surface area (Å²) < 4.78 is 0. The molecule has 2 aromatic rings. The van der Waals surface area contributed by atoms with Crippen LogP contribution in [0.25, 0.3) is 0 Å². The van der Waals surface area contributed by atoms with Gasteiger partial charge in [0, 0.05) is 17.6 Å². The van der Waals surface area contributed by atoms with Crippen molar-refractivity contribution in [2.24, 2.45) is 0 Å². The number of imide groups is 1. The lowest BCUT2D eigenvalue weighted by molar-refractivity contribution is -0.139. The van der Waals surface area contributed by atoms with E-state index in [1.807, 2.05) is 43.3 Å². The van der Waals surface area contributed by atoms with Gasteiger partial charge in [-0.25, -0.2) is 4.79 Å². The van der Waals surface area contributed by atoms with Crippen molar-refractivity contribution >= 4 is 29.4 Å². The molecule has 0 spiro atoms. The third kappa shape index (κ3) is 3.92. The van der Waals surface area contributed by atoms with E-state index in [2.05, 4.69) is 5.32 Å². The molecule has 1 aliphatic carbocycles. The average molecular weight is 426 g/mol. The molecule has 2 fully saturated rings. The number of hydrogen-bond donors (Lipinski definition) is 1. The first-order chi connectivity index (χ1) is 14.3. The van der Waals surface area contributed by atoms with Crippen molar-refractivity contribution in [1.29, 1.82) is 0 Å². The predicted octanol–water partition coefficient (Wildman–Crippen LogP) is 3.61. The Labute approximate surface area is 180 Å². The highest BCUT2D eigenvalue weighted by Crippen LogP contribution is 2.31. The summed E-state index contributed by atoms with van der Waals surface area (Å²) in [7, 11) is 0. The Kier molecular flexibility index (Phi) is 5.28. The zero-order chi connectivity index (χ0) is 21.5. The summed E-state index contributed by atoms with van der Waals surface area (Å²) in [6.07, 6.45) is 1.86. The lowest BCUT2D eigenvalue weighted by atomic mass is 9.91. The van der Waals surface area contributed by atoms with Crippen molar-refractivity contribution in [3.63, 3.8) is 0 Å². The zero-order valence-electron chi connectivity index (χ0n) is 17.0. The van der Waals surface area contributed by atoms with Gasteiger partial charge >= 0.3 is 6.03 Å². The van der Waals surface area contributed by atoms with Crippen LogP contribution in [0.5, 0.6) is 0 Å². The monoisotopic (exact) mass is 425 g/mol. The van der Waals surface area contributed by atoms with Crippen LogP contribution in [0.2, 0.25) is 5.02 Å². The molecule has 0 bridgehead atoms. The fraction of sp³-hybridized carbons (Fsp3) is 0.348. The Hall–Kier alpha value is -2.86. The molecule has 2 aromatic carbocycles. The number of halogens is 1. The van der Waals surface area contributed by atoms with Crippen molar-refractivity contribution < 1.29 is 14.4 Å². The lowest BCUT2D eigenvalue weighted by Crippen LogP contribution is -2.45. The van der Waals surface area contributed by atoms with Gasteiger partial charge in [0.05, 0.1) is 0 Å². The van der Waals surface area contributed by atoms with E-state index in [1.165, 1.54) is 0 Å². The molecule has 1 saturated carbocycles. The first kappa shape index (κ1) is 20.4. The SMILES string of the molecule is Cc1ccc(C2(C)NC(=O)N(CC(=O)N(Cc3ccc(Cl)cc3)C3CC3)C2=O)cc1. The van der Waals surface area contributed by atoms with E-state index in [0.29, 0.717) is 17.1 Å². The van der Waals surface area contributed by atoms with E-state index in [-0.39, 0.29) is 18.5 Å². The number of urea groups is 1. The molecule has 1 heterocycles. The summed E-state index contributed by atoms with van der Waals surface area (Å²) in [4.78, 5) is 41.6. The normalized spacial score (nSPS) is 21.0. The van der Waals surface area contributed by atoms with Crippen molar-refractivity contribution in [1.82, 2.24) is 15.1 Å². The van der Waals surface area contributed by atoms with E-state index < -0.39 is 17.5 Å². The van der Waals surface area contributed by atoms with E-state index in [9.17, 15) is 14.4 Å². The molecule has 6 nitrogen and oxygen atoms in total. The van der Waals surface area contributed by atoms with E-state index in [1.54, 1.807) is 24.0 Å². The number of hydrogen-bond acceptors (Lipinski definition) is 3. The maximum absolute atomic E-state index is 13.1. The van der Waals surface area contributed by atoms with E-state index in [4.69, 9.17) is 11.6 Å². The zero-order valence-corrected chi connectivity index (χ0v) is 17.8. The Balaban J connectivity index is 1.50. The molecule has 1 saturated heterocycles. The van der Waals surface area contributed by atoms with Gasteiger partial charge in [0.25, 0.3) is 5.91 Å². The second kappa shape index (κ2) is 7.76. The van der Waals surface area contributed by atoms with Crippen LogP contribution in [0.1, 0.15) is 36.5 Å². The molecule has 4 amide bonds. The van der Waals surface area contributed by atoms with Gasteiger partial charge in [0.15, 0.2) is 0 Å². The minimum atomic E-state index is -1.17. The highest BCUT2D eigenvalue weighted by molar-refractivity contribution is 6.30. The number of benzene rings is 2. The van der Waals surface area contributed by atoms with Gasteiger partial charge in [-0.1, -0.05) is 53.6 Å². The molecule has 1 aliphatic heterocycles. The third-order valence-corrected chi connectivity index (χ3v) is 6.02. The van der Waals surface area contributed by atoms with Crippen molar-refractivity contribution in [2.75, 3.05) is 6.54 Å². The fourth-order valence-corrected chi connectivity index (χ4v) is 3.87. The number of aryl methyl sites for hydroxylation is 1. The van der Waals surface area contributed by atoms with Gasteiger partial charge in [-0.2, -0.15) is 0 Å². The molecule has 1 N–H and O–H groups in total. The van der Waals surface area contributed by atoms with Crippen LogP contribution in [-0.4, -0.2) is 40.2 Å². The average Bonchev–Trinajstić information content (AvgIpc) is 3.53. The summed E-state index contributed by atoms with van der Waals surface area (Å²) in [6.45, 7) is 3.80. The number of nitrogens with one attached hydrogen (secondary N) is 1. The quantitative estimate of drug-likeness (QED) is 0.719. The van der Waals surface area contributed by atoms with Crippen LogP contribution in [-0.2, 0) is 21.7 Å². The molecule has 1 unspecified atom stereocenters. The maximum Gasteiger partial charge on any atom is 0.325 e. The van der Waals surface area contributed by atoms with Crippen molar-refractivity contribution in [2.45, 2.75) is 44.8 Å². The Morgan fingerprint density at radius 1 is 1.13 bits per heavy atom. The van der Waals surface area contributed by atoms with Crippen molar-refractivity contribution in [3.05, 3.63) is 70.2 Å².